The molecule has 0 saturated heterocycles. The number of nitrogens with one attached hydrogen (secondary N) is 1. The van der Waals surface area contributed by atoms with Gasteiger partial charge in [0.05, 0.1) is 11.8 Å². The van der Waals surface area contributed by atoms with Crippen molar-refractivity contribution in [3.8, 4) is 0 Å². The third-order valence-electron chi connectivity index (χ3n) is 3.67. The lowest BCUT2D eigenvalue weighted by Crippen LogP contribution is -2.29. The highest BCUT2D eigenvalue weighted by atomic mass is 16.3. The average Bonchev–Trinajstić information content (AvgIpc) is 2.74. The van der Waals surface area contributed by atoms with Gasteiger partial charge in [-0.2, -0.15) is 5.10 Å². The Labute approximate surface area is 107 Å². The SMILES string of the molecule is Cc1occc1C(=O)NN=C1[C@@H](C)CCC[C@@H]1C. The Morgan fingerprint density at radius 2 is 2.06 bits per heavy atom. The second-order valence-electron chi connectivity index (χ2n) is 5.10. The molecule has 1 fully saturated rings. The van der Waals surface area contributed by atoms with Crippen LogP contribution in [0.3, 0.4) is 0 Å². The molecular formula is C14H20N2O2. The molecule has 0 radical (unpaired) electrons. The lowest BCUT2D eigenvalue weighted by atomic mass is 9.81. The molecule has 0 unspecified atom stereocenters. The van der Waals surface area contributed by atoms with E-state index in [0.717, 1.165) is 18.6 Å². The molecule has 0 aliphatic heterocycles. The maximum absolute atomic E-state index is 11.9. The van der Waals surface area contributed by atoms with Crippen LogP contribution in [0.2, 0.25) is 0 Å². The maximum Gasteiger partial charge on any atom is 0.274 e. The van der Waals surface area contributed by atoms with Gasteiger partial charge in [0.2, 0.25) is 0 Å². The zero-order valence-corrected chi connectivity index (χ0v) is 11.2. The Morgan fingerprint density at radius 3 is 2.61 bits per heavy atom. The number of hydrogen-bond donors (Lipinski definition) is 1. The van der Waals surface area contributed by atoms with Crippen LogP contribution in [-0.2, 0) is 0 Å². The Morgan fingerprint density at radius 1 is 1.39 bits per heavy atom. The molecule has 1 amide bonds. The fraction of sp³-hybridized carbons (Fsp3) is 0.571. The van der Waals surface area contributed by atoms with E-state index in [9.17, 15) is 4.79 Å². The van der Waals surface area contributed by atoms with Crippen molar-refractivity contribution in [1.29, 1.82) is 0 Å². The minimum atomic E-state index is -0.196. The molecule has 1 aliphatic rings. The van der Waals surface area contributed by atoms with Crippen molar-refractivity contribution in [3.05, 3.63) is 23.7 Å². The third kappa shape index (κ3) is 2.63. The Bertz CT molecular complexity index is 450. The Balaban J connectivity index is 2.06. The molecule has 1 saturated carbocycles. The summed E-state index contributed by atoms with van der Waals surface area (Å²) < 4.78 is 5.11. The van der Waals surface area contributed by atoms with Crippen molar-refractivity contribution in [2.45, 2.75) is 40.0 Å². The molecule has 0 aromatic carbocycles. The molecule has 1 aromatic heterocycles. The largest absolute Gasteiger partial charge is 0.469 e. The molecule has 1 heterocycles. The minimum absolute atomic E-state index is 0.196. The van der Waals surface area contributed by atoms with E-state index in [1.54, 1.807) is 13.0 Å². The number of hydrazone groups is 1. The summed E-state index contributed by atoms with van der Waals surface area (Å²) >= 11 is 0. The van der Waals surface area contributed by atoms with E-state index in [1.165, 1.54) is 12.7 Å². The predicted molar refractivity (Wildman–Crippen MR) is 70.5 cm³/mol. The number of hydrogen-bond acceptors (Lipinski definition) is 3. The van der Waals surface area contributed by atoms with Crippen molar-refractivity contribution < 1.29 is 9.21 Å². The smallest absolute Gasteiger partial charge is 0.274 e. The van der Waals surface area contributed by atoms with Gasteiger partial charge in [-0.3, -0.25) is 4.79 Å². The molecule has 1 aliphatic carbocycles. The van der Waals surface area contributed by atoms with E-state index in [0.29, 0.717) is 23.2 Å². The highest BCUT2D eigenvalue weighted by Crippen LogP contribution is 2.25. The van der Waals surface area contributed by atoms with Gasteiger partial charge in [-0.05, 0) is 37.7 Å². The van der Waals surface area contributed by atoms with Gasteiger partial charge >= 0.3 is 0 Å². The van der Waals surface area contributed by atoms with Gasteiger partial charge in [-0.25, -0.2) is 5.43 Å². The van der Waals surface area contributed by atoms with Gasteiger partial charge in [-0.1, -0.05) is 20.3 Å². The van der Waals surface area contributed by atoms with Crippen LogP contribution >= 0.6 is 0 Å². The van der Waals surface area contributed by atoms with Crippen molar-refractivity contribution in [2.75, 3.05) is 0 Å². The molecule has 98 valence electrons. The van der Waals surface area contributed by atoms with Crippen molar-refractivity contribution in [2.24, 2.45) is 16.9 Å². The second kappa shape index (κ2) is 5.38. The number of aryl methyl sites for hydroxylation is 1. The topological polar surface area (TPSA) is 54.6 Å². The highest BCUT2D eigenvalue weighted by Gasteiger charge is 2.23. The first kappa shape index (κ1) is 12.9. The van der Waals surface area contributed by atoms with Crippen LogP contribution in [0.1, 0.15) is 49.2 Å². The van der Waals surface area contributed by atoms with Crippen LogP contribution < -0.4 is 5.43 Å². The standard InChI is InChI=1S/C14H20N2O2/c1-9-5-4-6-10(2)13(9)15-16-14(17)12-7-8-18-11(12)3/h7-10H,4-6H2,1-3H3,(H,16,17)/t9-,10-/m0/s1. The van der Waals surface area contributed by atoms with Crippen LogP contribution in [0.5, 0.6) is 0 Å². The number of rotatable bonds is 2. The van der Waals surface area contributed by atoms with Gasteiger partial charge in [0, 0.05) is 5.71 Å². The summed E-state index contributed by atoms with van der Waals surface area (Å²) in [5, 5.41) is 4.32. The number of carbonyl (C=O) groups is 1. The molecule has 4 heteroatoms. The van der Waals surface area contributed by atoms with E-state index in [-0.39, 0.29) is 5.91 Å². The summed E-state index contributed by atoms with van der Waals surface area (Å²) in [4.78, 5) is 11.9. The number of nitrogens with zero attached hydrogens (tertiary/aromatic N) is 1. The van der Waals surface area contributed by atoms with Crippen LogP contribution in [-0.4, -0.2) is 11.6 Å². The molecule has 1 N–H and O–H groups in total. The summed E-state index contributed by atoms with van der Waals surface area (Å²) in [6, 6.07) is 1.67. The summed E-state index contributed by atoms with van der Waals surface area (Å²) in [5.74, 6) is 1.34. The average molecular weight is 248 g/mol. The Hall–Kier alpha value is -1.58. The summed E-state index contributed by atoms with van der Waals surface area (Å²) in [5.41, 5.74) is 4.30. The monoisotopic (exact) mass is 248 g/mol. The summed E-state index contributed by atoms with van der Waals surface area (Å²) in [6.45, 7) is 6.11. The molecule has 0 bridgehead atoms. The summed E-state index contributed by atoms with van der Waals surface area (Å²) in [6.07, 6.45) is 5.08. The maximum atomic E-state index is 11.9. The fourth-order valence-electron chi connectivity index (χ4n) is 2.53. The van der Waals surface area contributed by atoms with E-state index >= 15 is 0 Å². The van der Waals surface area contributed by atoms with Crippen molar-refractivity contribution in [1.82, 2.24) is 5.43 Å². The Kier molecular flexibility index (Phi) is 3.84. The third-order valence-corrected chi connectivity index (χ3v) is 3.67. The lowest BCUT2D eigenvalue weighted by molar-refractivity contribution is 0.0952. The first-order valence-electron chi connectivity index (χ1n) is 6.51. The zero-order valence-electron chi connectivity index (χ0n) is 11.2. The number of carbonyl (C=O) groups excluding carboxylic acids is 1. The quantitative estimate of drug-likeness (QED) is 0.817. The molecule has 4 nitrogen and oxygen atoms in total. The first-order valence-corrected chi connectivity index (χ1v) is 6.51. The van der Waals surface area contributed by atoms with Gasteiger partial charge in [0.25, 0.3) is 5.91 Å². The van der Waals surface area contributed by atoms with Crippen LogP contribution in [0.4, 0.5) is 0 Å². The number of furan rings is 1. The fourth-order valence-corrected chi connectivity index (χ4v) is 2.53. The van der Waals surface area contributed by atoms with Gasteiger partial charge in [0.15, 0.2) is 0 Å². The van der Waals surface area contributed by atoms with Gasteiger partial charge < -0.3 is 4.42 Å². The van der Waals surface area contributed by atoms with E-state index in [4.69, 9.17) is 4.42 Å². The zero-order chi connectivity index (χ0) is 13.1. The predicted octanol–water partition coefficient (Wildman–Crippen LogP) is 3.13. The normalized spacial score (nSPS) is 23.8. The first-order chi connectivity index (χ1) is 8.59. The second-order valence-corrected chi connectivity index (χ2v) is 5.10. The highest BCUT2D eigenvalue weighted by molar-refractivity contribution is 5.96. The minimum Gasteiger partial charge on any atom is -0.469 e. The molecule has 2 rings (SSSR count). The molecule has 1 aromatic rings. The van der Waals surface area contributed by atoms with Crippen molar-refractivity contribution in [3.63, 3.8) is 0 Å². The van der Waals surface area contributed by atoms with E-state index in [1.807, 2.05) is 0 Å². The summed E-state index contributed by atoms with van der Waals surface area (Å²) in [7, 11) is 0. The van der Waals surface area contributed by atoms with Crippen LogP contribution in [0.25, 0.3) is 0 Å². The molecule has 18 heavy (non-hydrogen) atoms. The van der Waals surface area contributed by atoms with E-state index in [2.05, 4.69) is 24.4 Å². The van der Waals surface area contributed by atoms with Gasteiger partial charge in [-0.15, -0.1) is 0 Å². The van der Waals surface area contributed by atoms with Crippen molar-refractivity contribution >= 4 is 11.6 Å². The molecule has 2 atom stereocenters. The van der Waals surface area contributed by atoms with Gasteiger partial charge in [0.1, 0.15) is 5.76 Å². The molecule has 0 spiro atoms. The number of amides is 1. The lowest BCUT2D eigenvalue weighted by Gasteiger charge is -2.26. The van der Waals surface area contributed by atoms with E-state index < -0.39 is 0 Å². The molecular weight excluding hydrogens is 228 g/mol. The van der Waals surface area contributed by atoms with Crippen LogP contribution in [0, 0.1) is 18.8 Å². The van der Waals surface area contributed by atoms with Crippen LogP contribution in [0.15, 0.2) is 21.8 Å².